The van der Waals surface area contributed by atoms with E-state index in [1.165, 1.54) is 7.11 Å². The van der Waals surface area contributed by atoms with Crippen LogP contribution < -0.4 is 4.72 Å². The Kier molecular flexibility index (Phi) is 6.62. The first kappa shape index (κ1) is 17.1. The summed E-state index contributed by atoms with van der Waals surface area (Å²) in [6, 6.07) is 0.931. The molecule has 0 unspecified atom stereocenters. The number of halogens is 1. The highest BCUT2D eigenvalue weighted by atomic mass is 79.9. The Morgan fingerprint density at radius 3 is 2.70 bits per heavy atom. The number of hydrogen-bond donors (Lipinski definition) is 2. The lowest BCUT2D eigenvalue weighted by Crippen LogP contribution is -2.27. The second-order valence-electron chi connectivity index (χ2n) is 3.56. The Bertz CT molecular complexity index is 554. The molecule has 0 atom stereocenters. The summed E-state index contributed by atoms with van der Waals surface area (Å²) >= 11 is 2.87. The first-order chi connectivity index (χ1) is 9.38. The molecule has 20 heavy (non-hydrogen) atoms. The maximum Gasteiger partial charge on any atom is 0.371 e. The second-order valence-corrected chi connectivity index (χ2v) is 6.01. The number of methoxy groups -OCH3 is 1. The van der Waals surface area contributed by atoms with Crippen LogP contribution in [0.25, 0.3) is 0 Å². The molecule has 0 saturated carbocycles. The summed E-state index contributed by atoms with van der Waals surface area (Å²) in [4.78, 5) is 10.4. The molecule has 2 N–H and O–H groups in total. The monoisotopic (exact) mass is 371 g/mol. The van der Waals surface area contributed by atoms with Crippen LogP contribution in [-0.2, 0) is 19.5 Å². The molecule has 0 bridgehead atoms. The molecule has 0 spiro atoms. The number of hydrogen-bond acceptors (Lipinski definition) is 6. The zero-order chi connectivity index (χ0) is 15.2. The number of ether oxygens (including phenoxy) is 2. The third kappa shape index (κ3) is 4.87. The molecule has 0 saturated heterocycles. The van der Waals surface area contributed by atoms with Gasteiger partial charge >= 0.3 is 5.97 Å². The van der Waals surface area contributed by atoms with Gasteiger partial charge in [0.1, 0.15) is 4.90 Å². The van der Waals surface area contributed by atoms with Gasteiger partial charge in [0, 0.05) is 19.7 Å². The van der Waals surface area contributed by atoms with Gasteiger partial charge in [-0.3, -0.25) is 0 Å². The van der Waals surface area contributed by atoms with Crippen molar-refractivity contribution in [3.63, 3.8) is 0 Å². The number of carboxylic acid groups (broad SMARTS) is 1. The molecule has 10 heteroatoms. The van der Waals surface area contributed by atoms with Gasteiger partial charge in [-0.05, 0) is 15.9 Å². The van der Waals surface area contributed by atoms with Crippen molar-refractivity contribution < 1.29 is 32.2 Å². The van der Waals surface area contributed by atoms with Gasteiger partial charge in [0.25, 0.3) is 0 Å². The van der Waals surface area contributed by atoms with Crippen LogP contribution in [0, 0.1) is 0 Å². The summed E-state index contributed by atoms with van der Waals surface area (Å²) in [7, 11) is -2.33. The lowest BCUT2D eigenvalue weighted by Gasteiger charge is -2.06. The van der Waals surface area contributed by atoms with Gasteiger partial charge in [-0.2, -0.15) is 0 Å². The topological polar surface area (TPSA) is 115 Å². The quantitative estimate of drug-likeness (QED) is 0.613. The van der Waals surface area contributed by atoms with Crippen LogP contribution in [0.4, 0.5) is 0 Å². The molecule has 0 amide bonds. The van der Waals surface area contributed by atoms with Crippen molar-refractivity contribution in [1.82, 2.24) is 4.72 Å². The molecular weight excluding hydrogens is 358 g/mol. The standard InChI is InChI=1S/C10H14BrNO7S/c1-17-4-5-18-3-2-12-20(15,16)8-6-7(10(13)14)19-9(8)11/h6,12H,2-5H2,1H3,(H,13,14). The van der Waals surface area contributed by atoms with E-state index in [-0.39, 0.29) is 22.7 Å². The number of carboxylic acids is 1. The lowest BCUT2D eigenvalue weighted by atomic mass is 10.5. The Balaban J connectivity index is 2.58. The summed E-state index contributed by atoms with van der Waals surface area (Å²) in [6.45, 7) is 0.995. The maximum absolute atomic E-state index is 11.9. The minimum atomic E-state index is -3.86. The van der Waals surface area contributed by atoms with E-state index in [2.05, 4.69) is 20.7 Å². The third-order valence-electron chi connectivity index (χ3n) is 2.13. The predicted octanol–water partition coefficient (Wildman–Crippen LogP) is 0.682. The van der Waals surface area contributed by atoms with Crippen molar-refractivity contribution >= 4 is 31.9 Å². The predicted molar refractivity (Wildman–Crippen MR) is 71.3 cm³/mol. The van der Waals surface area contributed by atoms with E-state index >= 15 is 0 Å². The van der Waals surface area contributed by atoms with Crippen molar-refractivity contribution in [3.8, 4) is 0 Å². The first-order valence-corrected chi connectivity index (χ1v) is 7.75. The normalized spacial score (nSPS) is 11.7. The minimum absolute atomic E-state index is 0.0477. The highest BCUT2D eigenvalue weighted by molar-refractivity contribution is 9.10. The fraction of sp³-hybridized carbons (Fsp3) is 0.500. The number of rotatable bonds is 9. The zero-order valence-corrected chi connectivity index (χ0v) is 13.0. The van der Waals surface area contributed by atoms with Crippen molar-refractivity contribution in [1.29, 1.82) is 0 Å². The molecule has 8 nitrogen and oxygen atoms in total. The molecule has 0 aliphatic heterocycles. The van der Waals surface area contributed by atoms with Gasteiger partial charge in [-0.15, -0.1) is 0 Å². The molecule has 1 rings (SSSR count). The molecule has 114 valence electrons. The van der Waals surface area contributed by atoms with Crippen LogP contribution in [0.5, 0.6) is 0 Å². The second kappa shape index (κ2) is 7.74. The van der Waals surface area contributed by atoms with Crippen LogP contribution in [-0.4, -0.2) is 53.0 Å². The third-order valence-corrected chi connectivity index (χ3v) is 4.44. The first-order valence-electron chi connectivity index (χ1n) is 5.47. The summed E-state index contributed by atoms with van der Waals surface area (Å²) in [5, 5.41) is 8.72. The van der Waals surface area contributed by atoms with Crippen molar-refractivity contribution in [2.45, 2.75) is 4.90 Å². The number of aromatic carboxylic acids is 1. The average molecular weight is 372 g/mol. The molecule has 0 aliphatic carbocycles. The van der Waals surface area contributed by atoms with E-state index in [0.717, 1.165) is 6.07 Å². The van der Waals surface area contributed by atoms with Crippen molar-refractivity contribution in [2.75, 3.05) is 33.5 Å². The van der Waals surface area contributed by atoms with E-state index in [9.17, 15) is 13.2 Å². The Morgan fingerprint density at radius 2 is 2.15 bits per heavy atom. The Morgan fingerprint density at radius 1 is 1.45 bits per heavy atom. The summed E-state index contributed by atoms with van der Waals surface area (Å²) in [5.74, 6) is -1.82. The summed E-state index contributed by atoms with van der Waals surface area (Å²) in [6.07, 6.45) is 0. The zero-order valence-electron chi connectivity index (χ0n) is 10.6. The minimum Gasteiger partial charge on any atom is -0.475 e. The molecule has 0 aromatic carbocycles. The van der Waals surface area contributed by atoms with E-state index in [4.69, 9.17) is 19.0 Å². The largest absolute Gasteiger partial charge is 0.475 e. The van der Waals surface area contributed by atoms with Gasteiger partial charge in [0.15, 0.2) is 4.67 Å². The van der Waals surface area contributed by atoms with E-state index in [1.54, 1.807) is 0 Å². The van der Waals surface area contributed by atoms with Gasteiger partial charge < -0.3 is 19.0 Å². The molecular formula is C10H14BrNO7S. The highest BCUT2D eigenvalue weighted by Gasteiger charge is 2.24. The fourth-order valence-corrected chi connectivity index (χ4v) is 3.16. The van der Waals surface area contributed by atoms with Gasteiger partial charge in [-0.1, -0.05) is 0 Å². The summed E-state index contributed by atoms with van der Waals surface area (Å²) < 4.78 is 40.5. The number of nitrogens with one attached hydrogen (secondary N) is 1. The fourth-order valence-electron chi connectivity index (χ4n) is 1.21. The van der Waals surface area contributed by atoms with Crippen LogP contribution in [0.2, 0.25) is 0 Å². The van der Waals surface area contributed by atoms with Gasteiger partial charge in [0.05, 0.1) is 19.8 Å². The van der Waals surface area contributed by atoms with Crippen molar-refractivity contribution in [3.05, 3.63) is 16.5 Å². The molecule has 1 aromatic rings. The Hall–Kier alpha value is -0.940. The van der Waals surface area contributed by atoms with Crippen LogP contribution >= 0.6 is 15.9 Å². The maximum atomic E-state index is 11.9. The number of sulfonamides is 1. The molecule has 0 aliphatic rings. The molecule has 1 heterocycles. The molecule has 1 aromatic heterocycles. The van der Waals surface area contributed by atoms with Crippen molar-refractivity contribution in [2.24, 2.45) is 0 Å². The van der Waals surface area contributed by atoms with E-state index < -0.39 is 21.8 Å². The van der Waals surface area contributed by atoms with Crippen LogP contribution in [0.1, 0.15) is 10.6 Å². The molecule has 0 radical (unpaired) electrons. The highest BCUT2D eigenvalue weighted by Crippen LogP contribution is 2.25. The SMILES string of the molecule is COCCOCCNS(=O)(=O)c1cc(C(=O)O)oc1Br. The van der Waals surface area contributed by atoms with Crippen LogP contribution in [0.15, 0.2) is 20.0 Å². The Labute approximate surface area is 124 Å². The molecule has 0 fully saturated rings. The average Bonchev–Trinajstić information content (AvgIpc) is 2.77. The lowest BCUT2D eigenvalue weighted by molar-refractivity contribution is 0.0661. The van der Waals surface area contributed by atoms with E-state index in [1.807, 2.05) is 0 Å². The van der Waals surface area contributed by atoms with Crippen LogP contribution in [0.3, 0.4) is 0 Å². The smallest absolute Gasteiger partial charge is 0.371 e. The van der Waals surface area contributed by atoms with Gasteiger partial charge in [-0.25, -0.2) is 17.9 Å². The van der Waals surface area contributed by atoms with E-state index in [0.29, 0.717) is 13.2 Å². The summed E-state index contributed by atoms with van der Waals surface area (Å²) in [5.41, 5.74) is 0. The number of carbonyl (C=O) groups is 1. The van der Waals surface area contributed by atoms with Gasteiger partial charge in [0.2, 0.25) is 15.8 Å². The number of furan rings is 1.